The number of hydrogen-bond acceptors (Lipinski definition) is 2. The lowest BCUT2D eigenvalue weighted by Gasteiger charge is -2.27. The van der Waals surface area contributed by atoms with Crippen LogP contribution >= 0.6 is 7.26 Å². The molecule has 0 fully saturated rings. The molecule has 0 aromatic carbocycles. The van der Waals surface area contributed by atoms with Gasteiger partial charge in [0.25, 0.3) is 0 Å². The first-order valence-corrected chi connectivity index (χ1v) is 10.7. The van der Waals surface area contributed by atoms with E-state index in [9.17, 15) is 0 Å². The molecule has 0 spiro atoms. The molecule has 0 aromatic heterocycles. The normalized spacial score (nSPS) is 12.0. The maximum atomic E-state index is 5.96. The van der Waals surface area contributed by atoms with Crippen molar-refractivity contribution in [2.24, 2.45) is 0 Å². The van der Waals surface area contributed by atoms with E-state index in [4.69, 9.17) is 9.47 Å². The van der Waals surface area contributed by atoms with Crippen LogP contribution in [-0.2, 0) is 9.47 Å². The maximum Gasteiger partial charge on any atom is 0.157 e. The average Bonchev–Trinajstić information content (AvgIpc) is 2.44. The molecule has 116 valence electrons. The van der Waals surface area contributed by atoms with E-state index in [-0.39, 0.29) is 0 Å². The van der Waals surface area contributed by atoms with Gasteiger partial charge in [-0.15, -0.1) is 0 Å². The van der Waals surface area contributed by atoms with E-state index >= 15 is 0 Å². The summed E-state index contributed by atoms with van der Waals surface area (Å²) < 4.78 is 11.0. The Morgan fingerprint density at radius 3 is 1.58 bits per heavy atom. The number of ether oxygens (including phenoxy) is 2. The molecule has 19 heavy (non-hydrogen) atoms. The Hall–Kier alpha value is 0.350. The second kappa shape index (κ2) is 13.3. The third-order valence-corrected chi connectivity index (χ3v) is 8.28. The highest BCUT2D eigenvalue weighted by Crippen LogP contribution is 2.60. The highest BCUT2D eigenvalue weighted by Gasteiger charge is 2.35. The van der Waals surface area contributed by atoms with Gasteiger partial charge in [-0.3, -0.25) is 0 Å². The molecule has 0 aliphatic heterocycles. The van der Waals surface area contributed by atoms with Crippen LogP contribution in [-0.4, -0.2) is 45.2 Å². The van der Waals surface area contributed by atoms with Gasteiger partial charge in [0.05, 0.1) is 31.7 Å². The van der Waals surface area contributed by atoms with Gasteiger partial charge in [-0.05, 0) is 19.3 Å². The molecule has 0 heterocycles. The van der Waals surface area contributed by atoms with Gasteiger partial charge in [-0.25, -0.2) is 0 Å². The molecule has 0 saturated heterocycles. The second-order valence-corrected chi connectivity index (χ2v) is 9.89. The summed E-state index contributed by atoms with van der Waals surface area (Å²) in [5, 5.41) is 0. The van der Waals surface area contributed by atoms with Gasteiger partial charge < -0.3 is 9.47 Å². The van der Waals surface area contributed by atoms with Crippen molar-refractivity contribution in [3.05, 3.63) is 0 Å². The van der Waals surface area contributed by atoms with Crippen molar-refractivity contribution in [1.29, 1.82) is 0 Å². The number of methoxy groups -OCH3 is 1. The molecule has 0 aromatic rings. The van der Waals surface area contributed by atoms with Crippen LogP contribution in [0.4, 0.5) is 0 Å². The lowest BCUT2D eigenvalue weighted by molar-refractivity contribution is 0.0929. The van der Waals surface area contributed by atoms with Crippen LogP contribution in [0.3, 0.4) is 0 Å². The molecule has 0 radical (unpaired) electrons. The van der Waals surface area contributed by atoms with Crippen LogP contribution < -0.4 is 0 Å². The highest BCUT2D eigenvalue weighted by molar-refractivity contribution is 7.75. The van der Waals surface area contributed by atoms with Crippen molar-refractivity contribution in [2.75, 3.05) is 45.2 Å². The molecule has 0 saturated carbocycles. The van der Waals surface area contributed by atoms with E-state index in [1.807, 2.05) is 0 Å². The van der Waals surface area contributed by atoms with Crippen molar-refractivity contribution in [2.45, 2.75) is 59.3 Å². The minimum atomic E-state index is -0.864. The van der Waals surface area contributed by atoms with Crippen molar-refractivity contribution < 1.29 is 9.47 Å². The molecule has 0 amide bonds. The van der Waals surface area contributed by atoms with Crippen molar-refractivity contribution >= 4 is 7.26 Å². The van der Waals surface area contributed by atoms with Crippen molar-refractivity contribution in [3.8, 4) is 0 Å². The van der Waals surface area contributed by atoms with Crippen LogP contribution in [0.2, 0.25) is 0 Å². The first-order chi connectivity index (χ1) is 9.24. The van der Waals surface area contributed by atoms with Crippen molar-refractivity contribution in [1.82, 2.24) is 0 Å². The Morgan fingerprint density at radius 1 is 0.737 bits per heavy atom. The molecule has 0 N–H and O–H groups in total. The minimum absolute atomic E-state index is 0.731. The maximum absolute atomic E-state index is 5.96. The van der Waals surface area contributed by atoms with E-state index in [1.165, 1.54) is 57.0 Å². The van der Waals surface area contributed by atoms with Gasteiger partial charge in [0.1, 0.15) is 0 Å². The fourth-order valence-corrected chi connectivity index (χ4v) is 6.95. The zero-order valence-electron chi connectivity index (χ0n) is 13.7. The van der Waals surface area contributed by atoms with Crippen LogP contribution in [0.1, 0.15) is 59.3 Å². The average molecular weight is 291 g/mol. The first-order valence-electron chi connectivity index (χ1n) is 8.16. The zero-order chi connectivity index (χ0) is 14.4. The van der Waals surface area contributed by atoms with Gasteiger partial charge in [-0.2, -0.15) is 0 Å². The van der Waals surface area contributed by atoms with E-state index < -0.39 is 7.26 Å². The summed E-state index contributed by atoms with van der Waals surface area (Å²) in [6.45, 7) is 8.41. The Kier molecular flexibility index (Phi) is 13.6. The lowest BCUT2D eigenvalue weighted by atomic mass is 10.4. The number of unbranched alkanes of at least 4 members (excludes halogenated alkanes) is 3. The Morgan fingerprint density at radius 2 is 1.21 bits per heavy atom. The summed E-state index contributed by atoms with van der Waals surface area (Å²) in [6.07, 6.45) is 13.5. The smallest absolute Gasteiger partial charge is 0.157 e. The van der Waals surface area contributed by atoms with Crippen LogP contribution in [0, 0.1) is 0 Å². The summed E-state index contributed by atoms with van der Waals surface area (Å²) in [5.74, 6) is 0. The SMILES string of the molecule is CCCC[P+](CCCC)(CCCC)COCCOC. The fourth-order valence-electron chi connectivity index (χ4n) is 2.41. The number of hydrogen-bond donors (Lipinski definition) is 0. The van der Waals surface area contributed by atoms with Crippen LogP contribution in [0.5, 0.6) is 0 Å². The van der Waals surface area contributed by atoms with Crippen LogP contribution in [0.25, 0.3) is 0 Å². The summed E-state index contributed by atoms with van der Waals surface area (Å²) in [6, 6.07) is 0. The summed E-state index contributed by atoms with van der Waals surface area (Å²) in [5.41, 5.74) is 0. The van der Waals surface area contributed by atoms with E-state index in [0.717, 1.165) is 19.6 Å². The van der Waals surface area contributed by atoms with Gasteiger partial charge in [-0.1, -0.05) is 40.0 Å². The second-order valence-electron chi connectivity index (χ2n) is 5.60. The number of rotatable bonds is 14. The molecule has 0 atom stereocenters. The van der Waals surface area contributed by atoms with E-state index in [0.29, 0.717) is 0 Å². The Labute approximate surface area is 122 Å². The molecule has 0 aliphatic rings. The summed E-state index contributed by atoms with van der Waals surface area (Å²) >= 11 is 0. The molecule has 0 rings (SSSR count). The zero-order valence-corrected chi connectivity index (χ0v) is 14.6. The summed E-state index contributed by atoms with van der Waals surface area (Å²) in [7, 11) is 0.883. The monoisotopic (exact) mass is 291 g/mol. The first kappa shape index (κ1) is 19.4. The molecular formula is C16H36O2P+. The standard InChI is InChI=1S/C16H36O2P/c1-5-8-13-19(14-9-6-2,15-10-7-3)16-18-12-11-17-4/h5-16H2,1-4H3/q+1. The van der Waals surface area contributed by atoms with Crippen molar-refractivity contribution in [3.63, 3.8) is 0 Å². The fraction of sp³-hybridized carbons (Fsp3) is 1.00. The van der Waals surface area contributed by atoms with Gasteiger partial charge >= 0.3 is 0 Å². The molecule has 2 nitrogen and oxygen atoms in total. The van der Waals surface area contributed by atoms with Gasteiger partial charge in [0, 0.05) is 14.4 Å². The van der Waals surface area contributed by atoms with Gasteiger partial charge in [0.15, 0.2) is 6.35 Å². The topological polar surface area (TPSA) is 18.5 Å². The molecule has 0 unspecified atom stereocenters. The lowest BCUT2D eigenvalue weighted by Crippen LogP contribution is -2.16. The third kappa shape index (κ3) is 9.82. The molecule has 0 bridgehead atoms. The van der Waals surface area contributed by atoms with E-state index in [2.05, 4.69) is 20.8 Å². The predicted octanol–water partition coefficient (Wildman–Crippen LogP) is 5.02. The quantitative estimate of drug-likeness (QED) is 0.330. The van der Waals surface area contributed by atoms with Crippen LogP contribution in [0.15, 0.2) is 0 Å². The van der Waals surface area contributed by atoms with E-state index in [1.54, 1.807) is 7.11 Å². The van der Waals surface area contributed by atoms with Gasteiger partial charge in [0.2, 0.25) is 0 Å². The predicted molar refractivity (Wildman–Crippen MR) is 88.9 cm³/mol. The third-order valence-electron chi connectivity index (χ3n) is 3.75. The highest BCUT2D eigenvalue weighted by atomic mass is 31.2. The summed E-state index contributed by atoms with van der Waals surface area (Å²) in [4.78, 5) is 0. The molecule has 3 heteroatoms. The minimum Gasteiger partial charge on any atom is -0.382 e. The molecular weight excluding hydrogens is 255 g/mol. The Bertz CT molecular complexity index is 164. The largest absolute Gasteiger partial charge is 0.382 e. The molecule has 0 aliphatic carbocycles. The Balaban J connectivity index is 4.38.